The van der Waals surface area contributed by atoms with E-state index in [1.165, 1.54) is 12.4 Å². The van der Waals surface area contributed by atoms with Crippen LogP contribution in [-0.2, 0) is 6.54 Å². The molecule has 1 N–H and O–H groups in total. The van der Waals surface area contributed by atoms with Crippen molar-refractivity contribution in [3.63, 3.8) is 0 Å². The molecule has 0 aliphatic rings. The van der Waals surface area contributed by atoms with E-state index >= 15 is 0 Å². The maximum atomic E-state index is 14.4. The number of methoxy groups -OCH3 is 1. The van der Waals surface area contributed by atoms with Gasteiger partial charge in [-0.25, -0.2) is 14.4 Å². The van der Waals surface area contributed by atoms with E-state index in [1.54, 1.807) is 7.11 Å². The molecule has 0 aliphatic heterocycles. The Labute approximate surface area is 169 Å². The van der Waals surface area contributed by atoms with Crippen LogP contribution in [0.3, 0.4) is 0 Å². The van der Waals surface area contributed by atoms with Crippen LogP contribution >= 0.6 is 0 Å². The van der Waals surface area contributed by atoms with E-state index in [0.717, 1.165) is 39.5 Å². The average molecular weight is 390 g/mol. The predicted molar refractivity (Wildman–Crippen MR) is 114 cm³/mol. The summed E-state index contributed by atoms with van der Waals surface area (Å²) in [7, 11) is 1.64. The van der Waals surface area contributed by atoms with Crippen LogP contribution in [0, 0.1) is 19.7 Å². The SMILES string of the molecule is COc1cccc(-c2cc(NCCn3c(C)cc4c(C)ccc(F)c43)ncn2)c1. The Morgan fingerprint density at radius 2 is 1.93 bits per heavy atom. The molecule has 0 aliphatic carbocycles. The molecule has 0 unspecified atom stereocenters. The van der Waals surface area contributed by atoms with Gasteiger partial charge in [-0.3, -0.25) is 0 Å². The van der Waals surface area contributed by atoms with E-state index in [2.05, 4.69) is 15.3 Å². The molecule has 0 radical (unpaired) electrons. The molecule has 4 rings (SSSR count). The zero-order valence-corrected chi connectivity index (χ0v) is 16.7. The fraction of sp³-hybridized carbons (Fsp3) is 0.217. The number of ether oxygens (including phenoxy) is 1. The lowest BCUT2D eigenvalue weighted by molar-refractivity contribution is 0.415. The van der Waals surface area contributed by atoms with E-state index in [-0.39, 0.29) is 5.82 Å². The number of benzene rings is 2. The number of nitrogens with zero attached hydrogens (tertiary/aromatic N) is 3. The summed E-state index contributed by atoms with van der Waals surface area (Å²) in [4.78, 5) is 8.66. The van der Waals surface area contributed by atoms with Crippen molar-refractivity contribution < 1.29 is 9.13 Å². The summed E-state index contributed by atoms with van der Waals surface area (Å²) in [6.45, 7) is 5.26. The largest absolute Gasteiger partial charge is 0.497 e. The van der Waals surface area contributed by atoms with Crippen LogP contribution in [-0.4, -0.2) is 28.2 Å². The van der Waals surface area contributed by atoms with Crippen LogP contribution in [0.5, 0.6) is 5.75 Å². The Bertz CT molecular complexity index is 1170. The highest BCUT2D eigenvalue weighted by molar-refractivity contribution is 5.85. The third kappa shape index (κ3) is 3.78. The molecule has 29 heavy (non-hydrogen) atoms. The number of aryl methyl sites for hydroxylation is 2. The third-order valence-electron chi connectivity index (χ3n) is 5.11. The van der Waals surface area contributed by atoms with Crippen molar-refractivity contribution in [3.8, 4) is 17.0 Å². The number of fused-ring (bicyclic) bond motifs is 1. The molecule has 0 saturated heterocycles. The number of nitrogens with one attached hydrogen (secondary N) is 1. The summed E-state index contributed by atoms with van der Waals surface area (Å²) in [5.41, 5.74) is 4.54. The highest BCUT2D eigenvalue weighted by Crippen LogP contribution is 2.26. The van der Waals surface area contributed by atoms with Crippen molar-refractivity contribution in [3.05, 3.63) is 71.9 Å². The number of hydrogen-bond donors (Lipinski definition) is 1. The molecule has 0 bridgehead atoms. The minimum atomic E-state index is -0.193. The highest BCUT2D eigenvalue weighted by Gasteiger charge is 2.12. The lowest BCUT2D eigenvalue weighted by Crippen LogP contribution is -2.13. The predicted octanol–water partition coefficient (Wildman–Crippen LogP) is 4.97. The fourth-order valence-electron chi connectivity index (χ4n) is 3.58. The second-order valence-electron chi connectivity index (χ2n) is 7.01. The molecular weight excluding hydrogens is 367 g/mol. The van der Waals surface area contributed by atoms with Gasteiger partial charge in [0, 0.05) is 35.8 Å². The van der Waals surface area contributed by atoms with E-state index in [1.807, 2.05) is 60.9 Å². The summed E-state index contributed by atoms with van der Waals surface area (Å²) in [6.07, 6.45) is 1.54. The van der Waals surface area contributed by atoms with Gasteiger partial charge in [0.15, 0.2) is 0 Å². The standard InChI is InChI=1S/C23H23FN4O/c1-15-7-8-20(24)23-19(15)11-16(2)28(23)10-9-25-22-13-21(26-14-27-22)17-5-4-6-18(12-17)29-3/h4-8,11-14H,9-10H2,1-3H3,(H,25,26,27). The third-order valence-corrected chi connectivity index (χ3v) is 5.11. The van der Waals surface area contributed by atoms with E-state index in [4.69, 9.17) is 4.74 Å². The number of hydrogen-bond acceptors (Lipinski definition) is 4. The molecule has 0 atom stereocenters. The van der Waals surface area contributed by atoms with Crippen molar-refractivity contribution in [2.45, 2.75) is 20.4 Å². The summed E-state index contributed by atoms with van der Waals surface area (Å²) in [5, 5.41) is 4.28. The minimum absolute atomic E-state index is 0.193. The van der Waals surface area contributed by atoms with Crippen molar-refractivity contribution in [2.24, 2.45) is 0 Å². The quantitative estimate of drug-likeness (QED) is 0.505. The summed E-state index contributed by atoms with van der Waals surface area (Å²) < 4.78 is 21.7. The van der Waals surface area contributed by atoms with Crippen LogP contribution in [0.1, 0.15) is 11.3 Å². The normalized spacial score (nSPS) is 11.0. The van der Waals surface area contributed by atoms with Gasteiger partial charge in [0.25, 0.3) is 0 Å². The van der Waals surface area contributed by atoms with Gasteiger partial charge in [0.2, 0.25) is 0 Å². The Morgan fingerprint density at radius 3 is 2.76 bits per heavy atom. The molecule has 2 heterocycles. The van der Waals surface area contributed by atoms with Gasteiger partial charge in [-0.1, -0.05) is 18.2 Å². The van der Waals surface area contributed by atoms with Gasteiger partial charge in [-0.15, -0.1) is 0 Å². The molecule has 0 spiro atoms. The molecule has 0 amide bonds. The number of rotatable bonds is 6. The smallest absolute Gasteiger partial charge is 0.147 e. The number of halogens is 1. The number of aromatic nitrogens is 3. The van der Waals surface area contributed by atoms with Gasteiger partial charge in [-0.2, -0.15) is 0 Å². The zero-order chi connectivity index (χ0) is 20.4. The Kier molecular flexibility index (Phi) is 5.16. The maximum absolute atomic E-state index is 14.4. The van der Waals surface area contributed by atoms with E-state index in [9.17, 15) is 4.39 Å². The molecule has 5 nitrogen and oxygen atoms in total. The summed E-state index contributed by atoms with van der Waals surface area (Å²) >= 11 is 0. The Balaban J connectivity index is 1.52. The van der Waals surface area contributed by atoms with Gasteiger partial charge in [-0.05, 0) is 43.7 Å². The maximum Gasteiger partial charge on any atom is 0.147 e. The molecular formula is C23H23FN4O. The first-order valence-corrected chi connectivity index (χ1v) is 9.52. The highest BCUT2D eigenvalue weighted by atomic mass is 19.1. The van der Waals surface area contributed by atoms with Crippen LogP contribution in [0.4, 0.5) is 10.2 Å². The van der Waals surface area contributed by atoms with Crippen molar-refractivity contribution in [1.82, 2.24) is 14.5 Å². The van der Waals surface area contributed by atoms with Crippen molar-refractivity contribution in [2.75, 3.05) is 19.0 Å². The molecule has 148 valence electrons. The minimum Gasteiger partial charge on any atom is -0.497 e. The molecule has 0 fully saturated rings. The molecule has 2 aromatic heterocycles. The van der Waals surface area contributed by atoms with Crippen LogP contribution in [0.25, 0.3) is 22.2 Å². The molecule has 0 saturated carbocycles. The van der Waals surface area contributed by atoms with Gasteiger partial charge in [0.05, 0.1) is 18.3 Å². The van der Waals surface area contributed by atoms with Gasteiger partial charge in [0.1, 0.15) is 23.7 Å². The Hall–Kier alpha value is -3.41. The van der Waals surface area contributed by atoms with Crippen LogP contribution < -0.4 is 10.1 Å². The molecule has 2 aromatic carbocycles. The van der Waals surface area contributed by atoms with Crippen LogP contribution in [0.15, 0.2) is 54.9 Å². The van der Waals surface area contributed by atoms with E-state index in [0.29, 0.717) is 18.6 Å². The van der Waals surface area contributed by atoms with Gasteiger partial charge < -0.3 is 14.6 Å². The summed E-state index contributed by atoms with van der Waals surface area (Å²) in [6, 6.07) is 15.0. The van der Waals surface area contributed by atoms with Crippen LogP contribution in [0.2, 0.25) is 0 Å². The molecule has 4 aromatic rings. The summed E-state index contributed by atoms with van der Waals surface area (Å²) in [5.74, 6) is 1.31. The first kappa shape index (κ1) is 18.9. The lowest BCUT2D eigenvalue weighted by atomic mass is 10.1. The van der Waals surface area contributed by atoms with Gasteiger partial charge >= 0.3 is 0 Å². The second-order valence-corrected chi connectivity index (χ2v) is 7.01. The molecule has 6 heteroatoms. The first-order valence-electron chi connectivity index (χ1n) is 9.52. The number of anilines is 1. The fourth-order valence-corrected chi connectivity index (χ4v) is 3.58. The topological polar surface area (TPSA) is 52.0 Å². The first-order chi connectivity index (χ1) is 14.1. The Morgan fingerprint density at radius 1 is 1.07 bits per heavy atom. The zero-order valence-electron chi connectivity index (χ0n) is 16.7. The van der Waals surface area contributed by atoms with Crippen molar-refractivity contribution >= 4 is 16.7 Å². The van der Waals surface area contributed by atoms with Crippen molar-refractivity contribution in [1.29, 1.82) is 0 Å². The lowest BCUT2D eigenvalue weighted by Gasteiger charge is -2.11. The monoisotopic (exact) mass is 390 g/mol. The second kappa shape index (κ2) is 7.91. The average Bonchev–Trinajstić information content (AvgIpc) is 3.08. The van der Waals surface area contributed by atoms with E-state index < -0.39 is 0 Å².